The lowest BCUT2D eigenvalue weighted by Gasteiger charge is -2.10. The minimum atomic E-state index is -0.146. The van der Waals surface area contributed by atoms with E-state index in [1.54, 1.807) is 0 Å². The lowest BCUT2D eigenvalue weighted by molar-refractivity contribution is -0.108. The number of carbonyl (C=O) groups excluding carboxylic acids is 1. The maximum atomic E-state index is 11.1. The fraction of sp³-hybridized carbons (Fsp3) is 0.0645. The molecule has 162 valence electrons. The number of aryl methyl sites for hydroxylation is 1. The van der Waals surface area contributed by atoms with Crippen molar-refractivity contribution in [2.75, 3.05) is 5.32 Å². The van der Waals surface area contributed by atoms with Crippen LogP contribution in [0.2, 0.25) is 0 Å². The Hall–Kier alpha value is -4.17. The minimum Gasteiger partial charge on any atom is -0.355 e. The smallest absolute Gasteiger partial charge is 0.131 e. The highest BCUT2D eigenvalue weighted by molar-refractivity contribution is 5.95. The highest BCUT2D eigenvalue weighted by Gasteiger charge is 2.11. The van der Waals surface area contributed by atoms with E-state index in [4.69, 9.17) is 0 Å². The molecule has 0 fully saturated rings. The van der Waals surface area contributed by atoms with Crippen molar-refractivity contribution in [1.82, 2.24) is 0 Å². The third kappa shape index (κ3) is 5.75. The molecule has 2 nitrogen and oxygen atoms in total. The van der Waals surface area contributed by atoms with E-state index in [1.165, 1.54) is 16.3 Å². The molecule has 0 aliphatic carbocycles. The summed E-state index contributed by atoms with van der Waals surface area (Å²) in [6, 6.07) is 42.8. The van der Waals surface area contributed by atoms with Crippen LogP contribution in [0.4, 0.5) is 11.4 Å². The monoisotopic (exact) mass is 429 g/mol. The van der Waals surface area contributed by atoms with Crippen molar-refractivity contribution < 1.29 is 4.79 Å². The lowest BCUT2D eigenvalue weighted by Crippen LogP contribution is -2.01. The normalized spacial score (nSPS) is 10.4. The third-order valence-electron chi connectivity index (χ3n) is 5.57. The number of rotatable bonds is 5. The SMILES string of the molecule is Cc1ccc(Nc2cccc3ccccc23)cc1.O=CC(c1ccccc1)c1ccccc1. The fourth-order valence-corrected chi connectivity index (χ4v) is 3.80. The summed E-state index contributed by atoms with van der Waals surface area (Å²) in [6.07, 6.45) is 0.991. The van der Waals surface area contributed by atoms with Gasteiger partial charge in [-0.3, -0.25) is 0 Å². The minimum absolute atomic E-state index is 0.146. The van der Waals surface area contributed by atoms with Crippen LogP contribution < -0.4 is 5.32 Å². The molecule has 33 heavy (non-hydrogen) atoms. The van der Waals surface area contributed by atoms with Crippen molar-refractivity contribution in [3.8, 4) is 0 Å². The maximum Gasteiger partial charge on any atom is 0.131 e. The van der Waals surface area contributed by atoms with Crippen LogP contribution in [0.15, 0.2) is 127 Å². The van der Waals surface area contributed by atoms with E-state index in [0.717, 1.165) is 28.8 Å². The Kier molecular flexibility index (Phi) is 7.29. The molecule has 0 heterocycles. The number of anilines is 2. The lowest BCUT2D eigenvalue weighted by atomic mass is 9.93. The van der Waals surface area contributed by atoms with Crippen molar-refractivity contribution in [2.45, 2.75) is 12.8 Å². The quantitative estimate of drug-likeness (QED) is 0.288. The van der Waals surface area contributed by atoms with Crippen LogP contribution in [0.3, 0.4) is 0 Å². The number of hydrogen-bond acceptors (Lipinski definition) is 2. The Morgan fingerprint density at radius 2 is 1.15 bits per heavy atom. The highest BCUT2D eigenvalue weighted by atomic mass is 16.1. The first-order chi connectivity index (χ1) is 16.2. The van der Waals surface area contributed by atoms with E-state index in [2.05, 4.69) is 79.0 Å². The first-order valence-electron chi connectivity index (χ1n) is 11.1. The van der Waals surface area contributed by atoms with Crippen LogP contribution in [0.1, 0.15) is 22.6 Å². The average molecular weight is 430 g/mol. The molecule has 0 bridgehead atoms. The number of fused-ring (bicyclic) bond motifs is 1. The first-order valence-corrected chi connectivity index (χ1v) is 11.1. The summed E-state index contributed by atoms with van der Waals surface area (Å²) in [6.45, 7) is 2.10. The topological polar surface area (TPSA) is 29.1 Å². The van der Waals surface area contributed by atoms with E-state index >= 15 is 0 Å². The van der Waals surface area contributed by atoms with Gasteiger partial charge in [-0.2, -0.15) is 0 Å². The molecule has 0 aliphatic heterocycles. The van der Waals surface area contributed by atoms with Crippen LogP contribution in [0, 0.1) is 6.92 Å². The number of nitrogens with one attached hydrogen (secondary N) is 1. The van der Waals surface area contributed by atoms with Gasteiger partial charge in [-0.15, -0.1) is 0 Å². The Bertz CT molecular complexity index is 1250. The zero-order chi connectivity index (χ0) is 22.9. The molecular weight excluding hydrogens is 402 g/mol. The highest BCUT2D eigenvalue weighted by Crippen LogP contribution is 2.26. The van der Waals surface area contributed by atoms with E-state index in [9.17, 15) is 4.79 Å². The van der Waals surface area contributed by atoms with Gasteiger partial charge in [-0.1, -0.05) is 115 Å². The molecule has 0 saturated carbocycles. The molecule has 0 saturated heterocycles. The van der Waals surface area contributed by atoms with Gasteiger partial charge in [-0.05, 0) is 41.6 Å². The van der Waals surface area contributed by atoms with Gasteiger partial charge < -0.3 is 10.1 Å². The molecule has 5 aromatic carbocycles. The second-order valence-corrected chi connectivity index (χ2v) is 7.95. The molecule has 0 aromatic heterocycles. The fourth-order valence-electron chi connectivity index (χ4n) is 3.80. The third-order valence-corrected chi connectivity index (χ3v) is 5.57. The van der Waals surface area contributed by atoms with Gasteiger partial charge in [0.05, 0.1) is 5.92 Å². The summed E-state index contributed by atoms with van der Waals surface area (Å²) in [5.41, 5.74) is 5.63. The molecule has 5 aromatic rings. The van der Waals surface area contributed by atoms with Crippen LogP contribution in [-0.4, -0.2) is 6.29 Å². The van der Waals surface area contributed by atoms with Gasteiger partial charge >= 0.3 is 0 Å². The Labute approximate surface area is 195 Å². The Balaban J connectivity index is 0.000000160. The largest absolute Gasteiger partial charge is 0.355 e. The molecular formula is C31H27NO. The molecule has 0 unspecified atom stereocenters. The van der Waals surface area contributed by atoms with Crippen molar-refractivity contribution in [3.05, 3.63) is 144 Å². The molecule has 2 heteroatoms. The molecule has 5 rings (SSSR count). The second kappa shape index (κ2) is 10.9. The van der Waals surface area contributed by atoms with Crippen molar-refractivity contribution in [2.24, 2.45) is 0 Å². The van der Waals surface area contributed by atoms with Gasteiger partial charge in [0.2, 0.25) is 0 Å². The number of hydrogen-bond donors (Lipinski definition) is 1. The van der Waals surface area contributed by atoms with Gasteiger partial charge in [-0.25, -0.2) is 0 Å². The summed E-state index contributed by atoms with van der Waals surface area (Å²) in [5, 5.41) is 5.98. The van der Waals surface area contributed by atoms with E-state index in [-0.39, 0.29) is 5.92 Å². The molecule has 0 aliphatic rings. The maximum absolute atomic E-state index is 11.1. The zero-order valence-corrected chi connectivity index (χ0v) is 18.7. The Morgan fingerprint density at radius 3 is 1.76 bits per heavy atom. The summed E-state index contributed by atoms with van der Waals surface area (Å²) in [5.74, 6) is -0.146. The predicted molar refractivity (Wildman–Crippen MR) is 139 cm³/mol. The van der Waals surface area contributed by atoms with Gasteiger partial charge in [0, 0.05) is 16.8 Å². The van der Waals surface area contributed by atoms with E-state index < -0.39 is 0 Å². The number of benzene rings is 5. The van der Waals surface area contributed by atoms with Crippen molar-refractivity contribution >= 4 is 28.4 Å². The standard InChI is InChI=1S/C17H15N.C14H12O/c1-13-9-11-15(12-10-13)18-17-8-4-6-14-5-2-3-7-16(14)17;15-11-14(12-7-3-1-4-8-12)13-9-5-2-6-10-13/h2-12,18H,1H3;1-11,14H. The average Bonchev–Trinajstić information content (AvgIpc) is 2.88. The number of carbonyl (C=O) groups is 1. The Morgan fingerprint density at radius 1 is 0.606 bits per heavy atom. The molecule has 0 amide bonds. The van der Waals surface area contributed by atoms with Gasteiger partial charge in [0.1, 0.15) is 6.29 Å². The van der Waals surface area contributed by atoms with Crippen LogP contribution in [-0.2, 0) is 4.79 Å². The second-order valence-electron chi connectivity index (χ2n) is 7.95. The van der Waals surface area contributed by atoms with Crippen molar-refractivity contribution in [1.29, 1.82) is 0 Å². The van der Waals surface area contributed by atoms with Crippen LogP contribution in [0.5, 0.6) is 0 Å². The first kappa shape index (κ1) is 22.0. The molecule has 0 spiro atoms. The van der Waals surface area contributed by atoms with Gasteiger partial charge in [0.25, 0.3) is 0 Å². The molecule has 1 N–H and O–H groups in total. The van der Waals surface area contributed by atoms with Crippen LogP contribution >= 0.6 is 0 Å². The van der Waals surface area contributed by atoms with E-state index in [1.807, 2.05) is 60.7 Å². The summed E-state index contributed by atoms with van der Waals surface area (Å²) in [7, 11) is 0. The summed E-state index contributed by atoms with van der Waals surface area (Å²) >= 11 is 0. The number of aldehydes is 1. The molecule has 0 atom stereocenters. The van der Waals surface area contributed by atoms with E-state index in [0.29, 0.717) is 0 Å². The van der Waals surface area contributed by atoms with Gasteiger partial charge in [0.15, 0.2) is 0 Å². The van der Waals surface area contributed by atoms with Crippen molar-refractivity contribution in [3.63, 3.8) is 0 Å². The zero-order valence-electron chi connectivity index (χ0n) is 18.7. The summed E-state index contributed by atoms with van der Waals surface area (Å²) < 4.78 is 0. The predicted octanol–water partition coefficient (Wildman–Crippen LogP) is 7.91. The summed E-state index contributed by atoms with van der Waals surface area (Å²) in [4.78, 5) is 11.1. The van der Waals surface area contributed by atoms with Crippen LogP contribution in [0.25, 0.3) is 10.8 Å². The molecule has 0 radical (unpaired) electrons.